The van der Waals surface area contributed by atoms with E-state index in [9.17, 15) is 14.4 Å². The lowest BCUT2D eigenvalue weighted by Gasteiger charge is -2.08. The Kier molecular flexibility index (Phi) is 4.66. The fourth-order valence-electron chi connectivity index (χ4n) is 2.05. The standard InChI is InChI=1S/C16H15BrN4O3/c17-11-7-13(18-8-11)16(24)21-20-15(23)10-3-5-12(6-4-10)19-14(22)9-1-2-9/h3-9,18H,1-2H2,(H,19,22)(H,20,23)(H,21,24). The molecule has 0 atom stereocenters. The summed E-state index contributed by atoms with van der Waals surface area (Å²) < 4.78 is 0.739. The Hall–Kier alpha value is -2.61. The molecule has 0 unspecified atom stereocenters. The van der Waals surface area contributed by atoms with E-state index in [0.29, 0.717) is 16.9 Å². The highest BCUT2D eigenvalue weighted by Gasteiger charge is 2.29. The summed E-state index contributed by atoms with van der Waals surface area (Å²) in [6.45, 7) is 0. The number of benzene rings is 1. The van der Waals surface area contributed by atoms with Crippen molar-refractivity contribution < 1.29 is 14.4 Å². The fourth-order valence-corrected chi connectivity index (χ4v) is 2.39. The fraction of sp³-hybridized carbons (Fsp3) is 0.188. The minimum atomic E-state index is -0.456. The number of halogens is 1. The van der Waals surface area contributed by atoms with Crippen LogP contribution in [0.25, 0.3) is 0 Å². The van der Waals surface area contributed by atoms with Gasteiger partial charge in [0.15, 0.2) is 0 Å². The van der Waals surface area contributed by atoms with Gasteiger partial charge in [-0.2, -0.15) is 0 Å². The first-order valence-corrected chi connectivity index (χ1v) is 8.18. The number of carbonyl (C=O) groups excluding carboxylic acids is 3. The lowest BCUT2D eigenvalue weighted by Crippen LogP contribution is -2.41. The SMILES string of the molecule is O=C(NNC(=O)c1cc(Br)c[nH]1)c1ccc(NC(=O)C2CC2)cc1. The molecule has 0 bridgehead atoms. The number of aromatic nitrogens is 1. The number of nitrogens with one attached hydrogen (secondary N) is 4. The van der Waals surface area contributed by atoms with Crippen molar-refractivity contribution in [3.05, 3.63) is 52.3 Å². The Morgan fingerprint density at radius 2 is 1.71 bits per heavy atom. The van der Waals surface area contributed by atoms with E-state index in [-0.39, 0.29) is 11.8 Å². The van der Waals surface area contributed by atoms with Crippen LogP contribution in [0.1, 0.15) is 33.7 Å². The maximum atomic E-state index is 12.0. The van der Waals surface area contributed by atoms with Crippen LogP contribution in [0.4, 0.5) is 5.69 Å². The molecule has 24 heavy (non-hydrogen) atoms. The maximum absolute atomic E-state index is 12.0. The number of anilines is 1. The Bertz CT molecular complexity index is 781. The second kappa shape index (κ2) is 6.88. The van der Waals surface area contributed by atoms with Gasteiger partial charge in [0, 0.05) is 27.8 Å². The number of amides is 3. The molecule has 3 rings (SSSR count). The van der Waals surface area contributed by atoms with Gasteiger partial charge in [-0.1, -0.05) is 0 Å². The van der Waals surface area contributed by atoms with Crippen molar-refractivity contribution in [2.24, 2.45) is 5.92 Å². The molecule has 4 N–H and O–H groups in total. The van der Waals surface area contributed by atoms with Crippen LogP contribution in [0.3, 0.4) is 0 Å². The lowest BCUT2D eigenvalue weighted by atomic mass is 10.2. The first-order chi connectivity index (χ1) is 11.5. The third-order valence-corrected chi connectivity index (χ3v) is 4.00. The summed E-state index contributed by atoms with van der Waals surface area (Å²) in [6.07, 6.45) is 3.48. The van der Waals surface area contributed by atoms with Gasteiger partial charge in [0.25, 0.3) is 11.8 Å². The predicted molar refractivity (Wildman–Crippen MR) is 91.2 cm³/mol. The molecule has 1 aromatic heterocycles. The molecule has 0 radical (unpaired) electrons. The second-order valence-corrected chi connectivity index (χ2v) is 6.40. The average Bonchev–Trinajstić information content (AvgIpc) is 3.34. The maximum Gasteiger partial charge on any atom is 0.286 e. The monoisotopic (exact) mass is 390 g/mol. The van der Waals surface area contributed by atoms with Gasteiger partial charge in [-0.15, -0.1) is 0 Å². The smallest absolute Gasteiger partial charge is 0.286 e. The third-order valence-electron chi connectivity index (χ3n) is 3.54. The van der Waals surface area contributed by atoms with Crippen LogP contribution in [-0.2, 0) is 4.79 Å². The zero-order valence-electron chi connectivity index (χ0n) is 12.6. The molecule has 8 heteroatoms. The van der Waals surface area contributed by atoms with Crippen LogP contribution in [0.2, 0.25) is 0 Å². The van der Waals surface area contributed by atoms with E-state index in [1.165, 1.54) is 0 Å². The van der Waals surface area contributed by atoms with E-state index in [1.807, 2.05) is 0 Å². The van der Waals surface area contributed by atoms with Crippen LogP contribution in [0.5, 0.6) is 0 Å². The molecule has 0 saturated heterocycles. The highest BCUT2D eigenvalue weighted by molar-refractivity contribution is 9.10. The summed E-state index contributed by atoms with van der Waals surface area (Å²) in [5, 5.41) is 2.80. The average molecular weight is 391 g/mol. The number of aromatic amines is 1. The quantitative estimate of drug-likeness (QED) is 0.601. The zero-order chi connectivity index (χ0) is 17.1. The van der Waals surface area contributed by atoms with Crippen LogP contribution < -0.4 is 16.2 Å². The molecule has 1 aliphatic rings. The molecular formula is C16H15BrN4O3. The minimum absolute atomic E-state index is 0.0107. The van der Waals surface area contributed by atoms with Crippen LogP contribution in [-0.4, -0.2) is 22.7 Å². The van der Waals surface area contributed by atoms with Crippen LogP contribution >= 0.6 is 15.9 Å². The Morgan fingerprint density at radius 1 is 1.04 bits per heavy atom. The van der Waals surface area contributed by atoms with Crippen LogP contribution in [0, 0.1) is 5.92 Å². The molecule has 2 aromatic rings. The van der Waals surface area contributed by atoms with Crippen molar-refractivity contribution in [1.29, 1.82) is 0 Å². The molecule has 1 fully saturated rings. The third kappa shape index (κ3) is 4.02. The van der Waals surface area contributed by atoms with Crippen LogP contribution in [0.15, 0.2) is 41.0 Å². The van der Waals surface area contributed by atoms with E-state index >= 15 is 0 Å². The molecule has 1 aliphatic carbocycles. The van der Waals surface area contributed by atoms with Crippen molar-refractivity contribution in [2.45, 2.75) is 12.8 Å². The van der Waals surface area contributed by atoms with Gasteiger partial charge in [0.2, 0.25) is 5.91 Å². The number of hydrazine groups is 1. The lowest BCUT2D eigenvalue weighted by molar-refractivity contribution is -0.117. The van der Waals surface area contributed by atoms with Crippen molar-refractivity contribution in [3.8, 4) is 0 Å². The Morgan fingerprint density at radius 3 is 2.29 bits per heavy atom. The normalized spacial score (nSPS) is 13.2. The largest absolute Gasteiger partial charge is 0.356 e. The van der Waals surface area contributed by atoms with Gasteiger partial charge in [-0.25, -0.2) is 0 Å². The number of carbonyl (C=O) groups is 3. The number of hydrogen-bond donors (Lipinski definition) is 4. The predicted octanol–water partition coefficient (Wildman–Crippen LogP) is 2.20. The summed E-state index contributed by atoms with van der Waals surface area (Å²) in [7, 11) is 0. The molecule has 3 amide bonds. The molecule has 0 aliphatic heterocycles. The first kappa shape index (κ1) is 16.3. The minimum Gasteiger partial charge on any atom is -0.356 e. The molecule has 1 heterocycles. The molecular weight excluding hydrogens is 376 g/mol. The highest BCUT2D eigenvalue weighted by Crippen LogP contribution is 2.30. The topological polar surface area (TPSA) is 103 Å². The Balaban J connectivity index is 1.52. The number of rotatable bonds is 4. The van der Waals surface area contributed by atoms with Crippen molar-refractivity contribution >= 4 is 39.3 Å². The summed E-state index contributed by atoms with van der Waals surface area (Å²) >= 11 is 3.23. The van der Waals surface area contributed by atoms with Gasteiger partial charge in [0.05, 0.1) is 0 Å². The zero-order valence-corrected chi connectivity index (χ0v) is 14.1. The van der Waals surface area contributed by atoms with E-state index in [1.54, 1.807) is 36.5 Å². The number of hydrogen-bond acceptors (Lipinski definition) is 3. The first-order valence-electron chi connectivity index (χ1n) is 7.38. The highest BCUT2D eigenvalue weighted by atomic mass is 79.9. The summed E-state index contributed by atoms with van der Waals surface area (Å²) in [5.41, 5.74) is 5.98. The van der Waals surface area contributed by atoms with Gasteiger partial charge in [-0.05, 0) is 59.1 Å². The molecule has 1 saturated carbocycles. The van der Waals surface area contributed by atoms with E-state index in [0.717, 1.165) is 17.3 Å². The molecule has 124 valence electrons. The van der Waals surface area contributed by atoms with E-state index < -0.39 is 11.8 Å². The molecule has 0 spiro atoms. The Labute approximate surface area is 146 Å². The van der Waals surface area contributed by atoms with Crippen molar-refractivity contribution in [3.63, 3.8) is 0 Å². The van der Waals surface area contributed by atoms with E-state index in [4.69, 9.17) is 0 Å². The van der Waals surface area contributed by atoms with Crippen molar-refractivity contribution in [2.75, 3.05) is 5.32 Å². The van der Waals surface area contributed by atoms with Gasteiger partial charge in [0.1, 0.15) is 5.69 Å². The molecule has 1 aromatic carbocycles. The molecule has 7 nitrogen and oxygen atoms in total. The van der Waals surface area contributed by atoms with Gasteiger partial charge < -0.3 is 10.3 Å². The number of H-pyrrole nitrogens is 1. The second-order valence-electron chi connectivity index (χ2n) is 5.48. The summed E-state index contributed by atoms with van der Waals surface area (Å²) in [6, 6.07) is 8.06. The summed E-state index contributed by atoms with van der Waals surface area (Å²) in [4.78, 5) is 38.2. The summed E-state index contributed by atoms with van der Waals surface area (Å²) in [5.74, 6) is -0.774. The van der Waals surface area contributed by atoms with Gasteiger partial charge in [-0.3, -0.25) is 25.2 Å². The van der Waals surface area contributed by atoms with Gasteiger partial charge >= 0.3 is 0 Å². The van der Waals surface area contributed by atoms with E-state index in [2.05, 4.69) is 37.1 Å². The van der Waals surface area contributed by atoms with Crippen molar-refractivity contribution in [1.82, 2.24) is 15.8 Å².